The van der Waals surface area contributed by atoms with Gasteiger partial charge < -0.3 is 5.32 Å². The van der Waals surface area contributed by atoms with Gasteiger partial charge in [-0.1, -0.05) is 13.8 Å². The molecule has 1 aliphatic rings. The Morgan fingerprint density at radius 1 is 1.31 bits per heavy atom. The summed E-state index contributed by atoms with van der Waals surface area (Å²) in [5, 5.41) is 3.10. The van der Waals surface area contributed by atoms with Gasteiger partial charge in [0.25, 0.3) is 0 Å². The van der Waals surface area contributed by atoms with Crippen molar-refractivity contribution < 1.29 is 9.59 Å². The third-order valence-corrected chi connectivity index (χ3v) is 3.14. The summed E-state index contributed by atoms with van der Waals surface area (Å²) in [6.07, 6.45) is 1.77. The van der Waals surface area contributed by atoms with Gasteiger partial charge in [0.2, 0.25) is 11.8 Å². The lowest BCUT2D eigenvalue weighted by molar-refractivity contribution is -0.152. The SMILES string of the molecule is CNC(C)CCN1C(=O)CC(C)(C)CC1=O. The highest BCUT2D eigenvalue weighted by molar-refractivity contribution is 5.98. The number of likely N-dealkylation sites (tertiary alicyclic amines) is 1. The van der Waals surface area contributed by atoms with E-state index >= 15 is 0 Å². The summed E-state index contributed by atoms with van der Waals surface area (Å²) in [6, 6.07) is 0.329. The lowest BCUT2D eigenvalue weighted by Crippen LogP contribution is -2.47. The van der Waals surface area contributed by atoms with Crippen LogP contribution < -0.4 is 5.32 Å². The number of piperidine rings is 1. The molecule has 0 aromatic carbocycles. The van der Waals surface area contributed by atoms with Crippen molar-refractivity contribution >= 4 is 11.8 Å². The molecule has 0 saturated carbocycles. The van der Waals surface area contributed by atoms with Crippen LogP contribution in [-0.2, 0) is 9.59 Å². The molecule has 4 heteroatoms. The normalized spacial score (nSPS) is 22.4. The van der Waals surface area contributed by atoms with E-state index in [0.717, 1.165) is 6.42 Å². The van der Waals surface area contributed by atoms with E-state index in [2.05, 4.69) is 5.32 Å². The predicted octanol–water partition coefficient (Wildman–Crippen LogP) is 1.16. The minimum absolute atomic E-state index is 0.0236. The quantitative estimate of drug-likeness (QED) is 0.732. The van der Waals surface area contributed by atoms with E-state index in [-0.39, 0.29) is 17.2 Å². The van der Waals surface area contributed by atoms with Gasteiger partial charge >= 0.3 is 0 Å². The van der Waals surface area contributed by atoms with Gasteiger partial charge in [0, 0.05) is 25.4 Å². The second kappa shape index (κ2) is 4.95. The summed E-state index contributed by atoms with van der Waals surface area (Å²) in [5.41, 5.74) is -0.167. The van der Waals surface area contributed by atoms with Crippen LogP contribution in [0.2, 0.25) is 0 Å². The largest absolute Gasteiger partial charge is 0.317 e. The number of carbonyl (C=O) groups excluding carboxylic acids is 2. The highest BCUT2D eigenvalue weighted by Crippen LogP contribution is 2.31. The number of nitrogens with zero attached hydrogens (tertiary/aromatic N) is 1. The van der Waals surface area contributed by atoms with Crippen LogP contribution in [0.5, 0.6) is 0 Å². The number of nitrogens with one attached hydrogen (secondary N) is 1. The number of amides is 2. The Kier molecular flexibility index (Phi) is 4.08. The number of imide groups is 1. The van der Waals surface area contributed by atoms with E-state index in [1.165, 1.54) is 4.90 Å². The fraction of sp³-hybridized carbons (Fsp3) is 0.833. The molecule has 1 fully saturated rings. The average Bonchev–Trinajstić information content (AvgIpc) is 2.14. The van der Waals surface area contributed by atoms with Crippen LogP contribution in [0.25, 0.3) is 0 Å². The third-order valence-electron chi connectivity index (χ3n) is 3.14. The number of hydrogen-bond donors (Lipinski definition) is 1. The van der Waals surface area contributed by atoms with Crippen molar-refractivity contribution in [3.63, 3.8) is 0 Å². The van der Waals surface area contributed by atoms with Crippen molar-refractivity contribution in [2.24, 2.45) is 5.41 Å². The molecular weight excluding hydrogens is 204 g/mol. The van der Waals surface area contributed by atoms with E-state index in [1.807, 2.05) is 27.8 Å². The zero-order valence-corrected chi connectivity index (χ0v) is 10.7. The van der Waals surface area contributed by atoms with Crippen LogP contribution in [0.1, 0.15) is 40.0 Å². The Hall–Kier alpha value is -0.900. The highest BCUT2D eigenvalue weighted by atomic mass is 16.2. The van der Waals surface area contributed by atoms with Gasteiger partial charge in [-0.15, -0.1) is 0 Å². The number of rotatable bonds is 4. The van der Waals surface area contributed by atoms with Crippen molar-refractivity contribution in [2.45, 2.75) is 46.1 Å². The van der Waals surface area contributed by atoms with Gasteiger partial charge in [0.05, 0.1) is 0 Å². The van der Waals surface area contributed by atoms with Crippen LogP contribution >= 0.6 is 0 Å². The zero-order valence-electron chi connectivity index (χ0n) is 10.7. The van der Waals surface area contributed by atoms with E-state index in [1.54, 1.807) is 0 Å². The minimum Gasteiger partial charge on any atom is -0.317 e. The van der Waals surface area contributed by atoms with Crippen molar-refractivity contribution in [2.75, 3.05) is 13.6 Å². The van der Waals surface area contributed by atoms with Gasteiger partial charge in [-0.3, -0.25) is 14.5 Å². The third kappa shape index (κ3) is 3.30. The summed E-state index contributed by atoms with van der Waals surface area (Å²) in [4.78, 5) is 25.0. The summed E-state index contributed by atoms with van der Waals surface area (Å²) in [6.45, 7) is 6.52. The molecule has 1 unspecified atom stereocenters. The molecule has 1 atom stereocenters. The van der Waals surface area contributed by atoms with Crippen molar-refractivity contribution in [3.05, 3.63) is 0 Å². The Balaban J connectivity index is 2.55. The molecule has 2 amide bonds. The Labute approximate surface area is 97.4 Å². The minimum atomic E-state index is -0.167. The van der Waals surface area contributed by atoms with Crippen molar-refractivity contribution in [3.8, 4) is 0 Å². The molecule has 1 N–H and O–H groups in total. The zero-order chi connectivity index (χ0) is 12.3. The maximum atomic E-state index is 11.8. The van der Waals surface area contributed by atoms with Gasteiger partial charge in [0.1, 0.15) is 0 Å². The van der Waals surface area contributed by atoms with E-state index < -0.39 is 0 Å². The second-order valence-corrected chi connectivity index (χ2v) is 5.44. The van der Waals surface area contributed by atoms with Crippen molar-refractivity contribution in [1.29, 1.82) is 0 Å². The molecule has 0 aromatic rings. The van der Waals surface area contributed by atoms with Crippen LogP contribution in [0.4, 0.5) is 0 Å². The molecule has 0 bridgehead atoms. The molecule has 16 heavy (non-hydrogen) atoms. The van der Waals surface area contributed by atoms with E-state index in [4.69, 9.17) is 0 Å². The van der Waals surface area contributed by atoms with Gasteiger partial charge in [-0.25, -0.2) is 0 Å². The molecule has 0 radical (unpaired) electrons. The lowest BCUT2D eigenvalue weighted by Gasteiger charge is -2.35. The Bertz CT molecular complexity index is 267. The highest BCUT2D eigenvalue weighted by Gasteiger charge is 2.36. The molecule has 0 aliphatic carbocycles. The van der Waals surface area contributed by atoms with Gasteiger partial charge in [-0.05, 0) is 25.8 Å². The summed E-state index contributed by atoms with van der Waals surface area (Å²) < 4.78 is 0. The first-order valence-electron chi connectivity index (χ1n) is 5.86. The first kappa shape index (κ1) is 13.2. The van der Waals surface area contributed by atoms with Crippen LogP contribution in [0.15, 0.2) is 0 Å². The summed E-state index contributed by atoms with van der Waals surface area (Å²) in [5.74, 6) is -0.0471. The fourth-order valence-electron chi connectivity index (χ4n) is 1.93. The Morgan fingerprint density at radius 2 is 1.81 bits per heavy atom. The van der Waals surface area contributed by atoms with E-state index in [0.29, 0.717) is 25.4 Å². The maximum absolute atomic E-state index is 11.8. The standard InChI is InChI=1S/C12H22N2O2/c1-9(13-4)5-6-14-10(15)7-12(2,3)8-11(14)16/h9,13H,5-8H2,1-4H3. The summed E-state index contributed by atoms with van der Waals surface area (Å²) in [7, 11) is 1.88. The fourth-order valence-corrected chi connectivity index (χ4v) is 1.93. The number of hydrogen-bond acceptors (Lipinski definition) is 3. The molecule has 0 aromatic heterocycles. The Morgan fingerprint density at radius 3 is 2.25 bits per heavy atom. The average molecular weight is 226 g/mol. The molecule has 1 heterocycles. The predicted molar refractivity (Wildman–Crippen MR) is 62.9 cm³/mol. The van der Waals surface area contributed by atoms with Crippen molar-refractivity contribution in [1.82, 2.24) is 10.2 Å². The van der Waals surface area contributed by atoms with Gasteiger partial charge in [-0.2, -0.15) is 0 Å². The maximum Gasteiger partial charge on any atom is 0.229 e. The molecule has 1 aliphatic heterocycles. The van der Waals surface area contributed by atoms with Gasteiger partial charge in [0.15, 0.2) is 0 Å². The number of carbonyl (C=O) groups is 2. The van der Waals surface area contributed by atoms with Crippen LogP contribution in [0, 0.1) is 5.41 Å². The molecule has 4 nitrogen and oxygen atoms in total. The molecule has 0 spiro atoms. The molecular formula is C12H22N2O2. The monoisotopic (exact) mass is 226 g/mol. The first-order chi connectivity index (χ1) is 7.35. The topological polar surface area (TPSA) is 49.4 Å². The lowest BCUT2D eigenvalue weighted by atomic mass is 9.81. The first-order valence-corrected chi connectivity index (χ1v) is 5.86. The molecule has 1 saturated heterocycles. The van der Waals surface area contributed by atoms with Crippen LogP contribution in [-0.4, -0.2) is 36.3 Å². The molecule has 1 rings (SSSR count). The van der Waals surface area contributed by atoms with Crippen LogP contribution in [0.3, 0.4) is 0 Å². The summed E-state index contributed by atoms with van der Waals surface area (Å²) >= 11 is 0. The second-order valence-electron chi connectivity index (χ2n) is 5.44. The van der Waals surface area contributed by atoms with E-state index in [9.17, 15) is 9.59 Å². The smallest absolute Gasteiger partial charge is 0.229 e. The molecule has 92 valence electrons.